The molecule has 1 aromatic rings. The van der Waals surface area contributed by atoms with Crippen LogP contribution in [0.25, 0.3) is 0 Å². The molecule has 2 atom stereocenters. The average Bonchev–Trinajstić information content (AvgIpc) is 2.50. The number of hydrogen-bond acceptors (Lipinski definition) is 2. The molecule has 116 valence electrons. The fourth-order valence-corrected chi connectivity index (χ4v) is 4.48. The van der Waals surface area contributed by atoms with Gasteiger partial charge in [0.25, 0.3) is 0 Å². The second-order valence-corrected chi connectivity index (χ2v) is 7.31. The Hall–Kier alpha value is -0.450. The summed E-state index contributed by atoms with van der Waals surface area (Å²) < 4.78 is 20.4. The molecule has 3 rings (SSSR count). The van der Waals surface area contributed by atoms with Crippen LogP contribution in [0.15, 0.2) is 22.7 Å². The third-order valence-electron chi connectivity index (χ3n) is 5.14. The predicted octanol–water partition coefficient (Wildman–Crippen LogP) is 4.72. The van der Waals surface area contributed by atoms with E-state index in [-0.39, 0.29) is 17.5 Å². The first-order valence-corrected chi connectivity index (χ1v) is 8.74. The SMILES string of the molecule is NC(c1cccc(F)c1Br)C1CCOC2(CCCCC2)C1. The first kappa shape index (κ1) is 15.4. The van der Waals surface area contributed by atoms with Crippen LogP contribution in [0.3, 0.4) is 0 Å². The van der Waals surface area contributed by atoms with E-state index in [9.17, 15) is 4.39 Å². The van der Waals surface area contributed by atoms with Crippen molar-refractivity contribution < 1.29 is 9.13 Å². The molecule has 1 heterocycles. The fourth-order valence-electron chi connectivity index (χ4n) is 3.95. The van der Waals surface area contributed by atoms with Crippen molar-refractivity contribution in [3.05, 3.63) is 34.1 Å². The summed E-state index contributed by atoms with van der Waals surface area (Å²) in [5.74, 6) is 0.136. The van der Waals surface area contributed by atoms with E-state index in [2.05, 4.69) is 15.9 Å². The van der Waals surface area contributed by atoms with E-state index in [1.165, 1.54) is 25.3 Å². The van der Waals surface area contributed by atoms with Gasteiger partial charge in [0.15, 0.2) is 0 Å². The first-order chi connectivity index (χ1) is 10.1. The van der Waals surface area contributed by atoms with E-state index in [4.69, 9.17) is 10.5 Å². The summed E-state index contributed by atoms with van der Waals surface area (Å²) >= 11 is 3.35. The summed E-state index contributed by atoms with van der Waals surface area (Å²) in [5.41, 5.74) is 7.40. The molecule has 1 aromatic carbocycles. The molecule has 4 heteroatoms. The van der Waals surface area contributed by atoms with Crippen LogP contribution in [0.1, 0.15) is 56.6 Å². The van der Waals surface area contributed by atoms with E-state index < -0.39 is 0 Å². The van der Waals surface area contributed by atoms with Gasteiger partial charge in [0.1, 0.15) is 5.82 Å². The maximum Gasteiger partial charge on any atom is 0.137 e. The van der Waals surface area contributed by atoms with Crippen molar-refractivity contribution in [2.75, 3.05) is 6.61 Å². The van der Waals surface area contributed by atoms with Gasteiger partial charge in [0.05, 0.1) is 10.1 Å². The number of rotatable bonds is 2. The zero-order chi connectivity index (χ0) is 14.9. The predicted molar refractivity (Wildman–Crippen MR) is 85.5 cm³/mol. The molecular weight excluding hydrogens is 333 g/mol. The van der Waals surface area contributed by atoms with Gasteiger partial charge >= 0.3 is 0 Å². The summed E-state index contributed by atoms with van der Waals surface area (Å²) in [6.07, 6.45) is 8.11. The van der Waals surface area contributed by atoms with Crippen molar-refractivity contribution in [3.8, 4) is 0 Å². The van der Waals surface area contributed by atoms with Gasteiger partial charge in [-0.2, -0.15) is 0 Å². The third-order valence-corrected chi connectivity index (χ3v) is 5.98. The van der Waals surface area contributed by atoms with Gasteiger partial charge in [-0.3, -0.25) is 0 Å². The molecule has 1 aliphatic carbocycles. The van der Waals surface area contributed by atoms with Gasteiger partial charge in [0, 0.05) is 12.6 Å². The van der Waals surface area contributed by atoms with Crippen molar-refractivity contribution >= 4 is 15.9 Å². The van der Waals surface area contributed by atoms with Crippen molar-refractivity contribution in [2.24, 2.45) is 11.7 Å². The van der Waals surface area contributed by atoms with E-state index in [1.807, 2.05) is 6.07 Å². The van der Waals surface area contributed by atoms with Crippen LogP contribution in [0.4, 0.5) is 4.39 Å². The topological polar surface area (TPSA) is 35.2 Å². The van der Waals surface area contributed by atoms with E-state index in [0.717, 1.165) is 37.9 Å². The molecule has 1 spiro atoms. The maximum atomic E-state index is 13.7. The normalized spacial score (nSPS) is 26.7. The van der Waals surface area contributed by atoms with Gasteiger partial charge < -0.3 is 10.5 Å². The van der Waals surface area contributed by atoms with E-state index in [0.29, 0.717) is 10.4 Å². The quantitative estimate of drug-likeness (QED) is 0.832. The van der Waals surface area contributed by atoms with Crippen LogP contribution in [0.5, 0.6) is 0 Å². The maximum absolute atomic E-state index is 13.7. The molecule has 2 nitrogen and oxygen atoms in total. The van der Waals surface area contributed by atoms with Gasteiger partial charge in [-0.15, -0.1) is 0 Å². The highest BCUT2D eigenvalue weighted by Gasteiger charge is 2.40. The number of benzene rings is 1. The van der Waals surface area contributed by atoms with Crippen molar-refractivity contribution in [3.63, 3.8) is 0 Å². The lowest BCUT2D eigenvalue weighted by molar-refractivity contribution is -0.120. The highest BCUT2D eigenvalue weighted by Crippen LogP contribution is 2.44. The van der Waals surface area contributed by atoms with Crippen LogP contribution in [0.2, 0.25) is 0 Å². The molecule has 2 unspecified atom stereocenters. The van der Waals surface area contributed by atoms with E-state index >= 15 is 0 Å². The minimum absolute atomic E-state index is 0.0403. The average molecular weight is 356 g/mol. The second kappa shape index (κ2) is 6.35. The molecule has 1 aliphatic heterocycles. The van der Waals surface area contributed by atoms with Crippen LogP contribution < -0.4 is 5.73 Å². The van der Waals surface area contributed by atoms with Gasteiger partial charge in [-0.1, -0.05) is 31.4 Å². The van der Waals surface area contributed by atoms with Crippen molar-refractivity contribution in [1.29, 1.82) is 0 Å². The molecular formula is C17H23BrFNO. The highest BCUT2D eigenvalue weighted by molar-refractivity contribution is 9.10. The largest absolute Gasteiger partial charge is 0.375 e. The zero-order valence-corrected chi connectivity index (χ0v) is 13.9. The Kier molecular flexibility index (Phi) is 4.67. The monoisotopic (exact) mass is 355 g/mol. The highest BCUT2D eigenvalue weighted by atomic mass is 79.9. The molecule has 2 N–H and O–H groups in total. The third kappa shape index (κ3) is 3.17. The minimum Gasteiger partial charge on any atom is -0.375 e. The fraction of sp³-hybridized carbons (Fsp3) is 0.647. The molecule has 2 fully saturated rings. The number of ether oxygens (including phenoxy) is 1. The van der Waals surface area contributed by atoms with E-state index in [1.54, 1.807) is 6.07 Å². The van der Waals surface area contributed by atoms with Crippen LogP contribution in [0, 0.1) is 11.7 Å². The Morgan fingerprint density at radius 3 is 2.81 bits per heavy atom. The van der Waals surface area contributed by atoms with Crippen LogP contribution in [-0.4, -0.2) is 12.2 Å². The summed E-state index contributed by atoms with van der Waals surface area (Å²) in [6, 6.07) is 5.01. The standard InChI is InChI=1S/C17H23BrFNO/c18-15-13(5-4-6-14(15)19)16(20)12-7-10-21-17(11-12)8-2-1-3-9-17/h4-6,12,16H,1-3,7-11,20H2. The lowest BCUT2D eigenvalue weighted by Crippen LogP contribution is -2.44. The molecule has 0 radical (unpaired) electrons. The lowest BCUT2D eigenvalue weighted by Gasteiger charge is -2.45. The Bertz CT molecular complexity index is 496. The van der Waals surface area contributed by atoms with Crippen molar-refractivity contribution in [2.45, 2.75) is 56.6 Å². The molecule has 2 aliphatic rings. The Morgan fingerprint density at radius 1 is 1.29 bits per heavy atom. The summed E-state index contributed by atoms with van der Waals surface area (Å²) in [4.78, 5) is 0. The lowest BCUT2D eigenvalue weighted by atomic mass is 9.73. The van der Waals surface area contributed by atoms with Gasteiger partial charge in [-0.25, -0.2) is 4.39 Å². The molecule has 0 amide bonds. The number of hydrogen-bond donors (Lipinski definition) is 1. The Labute approximate surface area is 134 Å². The van der Waals surface area contributed by atoms with Gasteiger partial charge in [0.2, 0.25) is 0 Å². The Balaban J connectivity index is 1.78. The number of nitrogens with two attached hydrogens (primary N) is 1. The molecule has 0 bridgehead atoms. The minimum atomic E-state index is -0.234. The zero-order valence-electron chi connectivity index (χ0n) is 12.3. The Morgan fingerprint density at radius 2 is 2.05 bits per heavy atom. The first-order valence-electron chi connectivity index (χ1n) is 7.95. The summed E-state index contributed by atoms with van der Waals surface area (Å²) in [5, 5.41) is 0. The second-order valence-electron chi connectivity index (χ2n) is 6.51. The van der Waals surface area contributed by atoms with Crippen LogP contribution in [-0.2, 0) is 4.74 Å². The molecule has 1 saturated heterocycles. The molecule has 1 saturated carbocycles. The van der Waals surface area contributed by atoms with Crippen molar-refractivity contribution in [1.82, 2.24) is 0 Å². The van der Waals surface area contributed by atoms with Crippen LogP contribution >= 0.6 is 15.9 Å². The van der Waals surface area contributed by atoms with Gasteiger partial charge in [-0.05, 0) is 59.2 Å². The smallest absolute Gasteiger partial charge is 0.137 e. The number of halogens is 2. The summed E-state index contributed by atoms with van der Waals surface area (Å²) in [7, 11) is 0. The summed E-state index contributed by atoms with van der Waals surface area (Å²) in [6.45, 7) is 0.783. The molecule has 21 heavy (non-hydrogen) atoms. The molecule has 0 aromatic heterocycles.